The van der Waals surface area contributed by atoms with Crippen LogP contribution in [-0.2, 0) is 22.5 Å². The number of carbonyl (C=O) groups is 1. The molecule has 1 amide bonds. The zero-order chi connectivity index (χ0) is 20.1. The molecule has 0 bridgehead atoms. The molecule has 1 saturated heterocycles. The third-order valence-electron chi connectivity index (χ3n) is 5.09. The summed E-state index contributed by atoms with van der Waals surface area (Å²) in [6.07, 6.45) is 0.301. The van der Waals surface area contributed by atoms with Crippen LogP contribution in [0.25, 0.3) is 10.6 Å². The number of anilines is 1. The Kier molecular flexibility index (Phi) is 6.34. The summed E-state index contributed by atoms with van der Waals surface area (Å²) in [6, 6.07) is 18.2. The normalized spacial score (nSPS) is 14.7. The Morgan fingerprint density at radius 1 is 1.14 bits per heavy atom. The van der Waals surface area contributed by atoms with Crippen molar-refractivity contribution < 1.29 is 9.53 Å². The van der Waals surface area contributed by atoms with E-state index < -0.39 is 0 Å². The molecule has 1 fully saturated rings. The van der Waals surface area contributed by atoms with Gasteiger partial charge in [-0.05, 0) is 23.8 Å². The van der Waals surface area contributed by atoms with Crippen molar-refractivity contribution in [3.8, 4) is 10.6 Å². The van der Waals surface area contributed by atoms with Gasteiger partial charge < -0.3 is 9.64 Å². The molecule has 0 unspecified atom stereocenters. The first-order valence-corrected chi connectivity index (χ1v) is 10.7. The molecule has 150 valence electrons. The van der Waals surface area contributed by atoms with E-state index in [1.165, 1.54) is 5.56 Å². The van der Waals surface area contributed by atoms with E-state index in [2.05, 4.69) is 29.2 Å². The second-order valence-electron chi connectivity index (χ2n) is 7.20. The molecule has 0 atom stereocenters. The van der Waals surface area contributed by atoms with Gasteiger partial charge in [0.05, 0.1) is 25.3 Å². The molecule has 1 aromatic heterocycles. The molecule has 29 heavy (non-hydrogen) atoms. The monoisotopic (exact) mass is 407 g/mol. The number of thiazole rings is 1. The van der Waals surface area contributed by atoms with E-state index in [4.69, 9.17) is 9.72 Å². The Balaban J connectivity index is 1.42. The van der Waals surface area contributed by atoms with Crippen LogP contribution in [-0.4, -0.2) is 49.1 Å². The highest BCUT2D eigenvalue weighted by Gasteiger charge is 2.15. The Morgan fingerprint density at radius 3 is 2.72 bits per heavy atom. The molecule has 0 aliphatic carbocycles. The smallest absolute Gasteiger partial charge is 0.232 e. The summed E-state index contributed by atoms with van der Waals surface area (Å²) in [4.78, 5) is 21.4. The number of aromatic nitrogens is 1. The van der Waals surface area contributed by atoms with Gasteiger partial charge in [0, 0.05) is 43.3 Å². The molecule has 1 aliphatic heterocycles. The van der Waals surface area contributed by atoms with Gasteiger partial charge in [0.2, 0.25) is 5.91 Å². The van der Waals surface area contributed by atoms with Crippen LogP contribution < -0.4 is 4.90 Å². The fourth-order valence-corrected chi connectivity index (χ4v) is 4.23. The third-order valence-corrected chi connectivity index (χ3v) is 6.03. The standard InChI is InChI=1S/C23H25N3O2S/c1-25(21-8-3-2-4-9-21)22(27)15-20-17-29-23(24-20)19-7-5-6-18(14-19)16-26-10-12-28-13-11-26/h2-9,14,17H,10-13,15-16H2,1H3. The summed E-state index contributed by atoms with van der Waals surface area (Å²) >= 11 is 1.59. The van der Waals surface area contributed by atoms with Crippen molar-refractivity contribution >= 4 is 22.9 Å². The maximum atomic E-state index is 12.6. The summed E-state index contributed by atoms with van der Waals surface area (Å²) < 4.78 is 5.43. The lowest BCUT2D eigenvalue weighted by Crippen LogP contribution is -2.35. The summed E-state index contributed by atoms with van der Waals surface area (Å²) in [5.74, 6) is 0.0362. The van der Waals surface area contributed by atoms with E-state index in [1.54, 1.807) is 23.3 Å². The van der Waals surface area contributed by atoms with E-state index in [0.717, 1.165) is 54.8 Å². The molecule has 0 N–H and O–H groups in total. The predicted molar refractivity (Wildman–Crippen MR) is 117 cm³/mol. The molecule has 5 nitrogen and oxygen atoms in total. The van der Waals surface area contributed by atoms with Crippen LogP contribution in [0.1, 0.15) is 11.3 Å². The number of hydrogen-bond acceptors (Lipinski definition) is 5. The molecule has 0 spiro atoms. The minimum absolute atomic E-state index is 0.0362. The molecule has 3 aromatic rings. The molecule has 2 heterocycles. The van der Waals surface area contributed by atoms with Crippen molar-refractivity contribution in [2.75, 3.05) is 38.3 Å². The van der Waals surface area contributed by atoms with Crippen molar-refractivity contribution in [3.05, 3.63) is 71.2 Å². The highest BCUT2D eigenvalue weighted by atomic mass is 32.1. The van der Waals surface area contributed by atoms with Crippen molar-refractivity contribution in [3.63, 3.8) is 0 Å². The predicted octanol–water partition coefficient (Wildman–Crippen LogP) is 3.85. The van der Waals surface area contributed by atoms with Crippen molar-refractivity contribution in [1.29, 1.82) is 0 Å². The van der Waals surface area contributed by atoms with E-state index in [-0.39, 0.29) is 5.91 Å². The largest absolute Gasteiger partial charge is 0.379 e. The van der Waals surface area contributed by atoms with Gasteiger partial charge in [-0.15, -0.1) is 11.3 Å². The van der Waals surface area contributed by atoms with Crippen LogP contribution in [0, 0.1) is 0 Å². The van der Waals surface area contributed by atoms with Gasteiger partial charge in [-0.3, -0.25) is 9.69 Å². The van der Waals surface area contributed by atoms with Crippen molar-refractivity contribution in [2.24, 2.45) is 0 Å². The van der Waals surface area contributed by atoms with E-state index in [9.17, 15) is 4.79 Å². The van der Waals surface area contributed by atoms with E-state index in [1.807, 2.05) is 35.7 Å². The lowest BCUT2D eigenvalue weighted by Gasteiger charge is -2.26. The van der Waals surface area contributed by atoms with Crippen molar-refractivity contribution in [2.45, 2.75) is 13.0 Å². The second kappa shape index (κ2) is 9.31. The minimum atomic E-state index is 0.0362. The number of rotatable bonds is 6. The number of benzene rings is 2. The lowest BCUT2D eigenvalue weighted by atomic mass is 10.1. The number of likely N-dealkylation sites (N-methyl/N-ethyl adjacent to an activating group) is 1. The van der Waals surface area contributed by atoms with Gasteiger partial charge in [-0.25, -0.2) is 4.98 Å². The molecule has 0 saturated carbocycles. The van der Waals surface area contributed by atoms with Crippen LogP contribution in [0.3, 0.4) is 0 Å². The van der Waals surface area contributed by atoms with Gasteiger partial charge in [0.15, 0.2) is 0 Å². The Hall–Kier alpha value is -2.54. The zero-order valence-electron chi connectivity index (χ0n) is 16.6. The van der Waals surface area contributed by atoms with Crippen molar-refractivity contribution in [1.82, 2.24) is 9.88 Å². The van der Waals surface area contributed by atoms with E-state index >= 15 is 0 Å². The average Bonchev–Trinajstić information content (AvgIpc) is 3.23. The molecule has 6 heteroatoms. The lowest BCUT2D eigenvalue weighted by molar-refractivity contribution is -0.117. The number of carbonyl (C=O) groups excluding carboxylic acids is 1. The van der Waals surface area contributed by atoms with E-state index in [0.29, 0.717) is 6.42 Å². The van der Waals surface area contributed by atoms with Gasteiger partial charge in [0.1, 0.15) is 5.01 Å². The van der Waals surface area contributed by atoms with Gasteiger partial charge in [-0.2, -0.15) is 0 Å². The maximum absolute atomic E-state index is 12.6. The van der Waals surface area contributed by atoms with Gasteiger partial charge in [-0.1, -0.05) is 36.4 Å². The molecule has 1 aliphatic rings. The van der Waals surface area contributed by atoms with Gasteiger partial charge in [0.25, 0.3) is 0 Å². The first kappa shape index (κ1) is 19.8. The highest BCUT2D eigenvalue weighted by molar-refractivity contribution is 7.13. The second-order valence-corrected chi connectivity index (χ2v) is 8.06. The average molecular weight is 408 g/mol. The van der Waals surface area contributed by atoms with Crippen LogP contribution in [0.15, 0.2) is 60.0 Å². The molecule has 2 aromatic carbocycles. The zero-order valence-corrected chi connectivity index (χ0v) is 17.4. The number of morpholine rings is 1. The topological polar surface area (TPSA) is 45.7 Å². The summed E-state index contributed by atoms with van der Waals surface area (Å²) in [5.41, 5.74) is 4.09. The first-order chi connectivity index (χ1) is 14.2. The van der Waals surface area contributed by atoms with Gasteiger partial charge >= 0.3 is 0 Å². The minimum Gasteiger partial charge on any atom is -0.379 e. The molecular formula is C23H25N3O2S. The Labute approximate surface area is 175 Å². The fraction of sp³-hybridized carbons (Fsp3) is 0.304. The Bertz CT molecular complexity index is 952. The Morgan fingerprint density at radius 2 is 1.93 bits per heavy atom. The summed E-state index contributed by atoms with van der Waals surface area (Å²) in [6.45, 7) is 4.49. The molecule has 4 rings (SSSR count). The quantitative estimate of drug-likeness (QED) is 0.623. The maximum Gasteiger partial charge on any atom is 0.232 e. The number of para-hydroxylation sites is 1. The van der Waals surface area contributed by atoms with Crippen LogP contribution in [0.2, 0.25) is 0 Å². The van der Waals surface area contributed by atoms with Crippen LogP contribution >= 0.6 is 11.3 Å². The number of amides is 1. The van der Waals surface area contributed by atoms with Crippen LogP contribution in [0.5, 0.6) is 0 Å². The fourth-order valence-electron chi connectivity index (χ4n) is 3.41. The number of ether oxygens (including phenoxy) is 1. The third kappa shape index (κ3) is 5.09. The SMILES string of the molecule is CN(C(=O)Cc1csc(-c2cccc(CN3CCOCC3)c2)n1)c1ccccc1. The number of nitrogens with zero attached hydrogens (tertiary/aromatic N) is 3. The molecular weight excluding hydrogens is 382 g/mol. The summed E-state index contributed by atoms with van der Waals surface area (Å²) in [5, 5.41) is 2.94. The first-order valence-electron chi connectivity index (χ1n) is 9.84. The molecule has 0 radical (unpaired) electrons. The summed E-state index contributed by atoms with van der Waals surface area (Å²) in [7, 11) is 1.81. The van der Waals surface area contributed by atoms with Crippen LogP contribution in [0.4, 0.5) is 5.69 Å². The number of hydrogen-bond donors (Lipinski definition) is 0. The highest BCUT2D eigenvalue weighted by Crippen LogP contribution is 2.26.